The van der Waals surface area contributed by atoms with Gasteiger partial charge in [-0.25, -0.2) is 9.78 Å². The van der Waals surface area contributed by atoms with E-state index in [2.05, 4.69) is 14.5 Å². The summed E-state index contributed by atoms with van der Waals surface area (Å²) in [5.41, 5.74) is 1.72. The van der Waals surface area contributed by atoms with Crippen molar-refractivity contribution in [2.75, 3.05) is 34.3 Å². The third-order valence-electron chi connectivity index (χ3n) is 4.35. The number of carboxylic acid groups (broad SMARTS) is 1. The van der Waals surface area contributed by atoms with Crippen LogP contribution < -0.4 is 4.74 Å². The van der Waals surface area contributed by atoms with E-state index in [9.17, 15) is 18.0 Å². The van der Waals surface area contributed by atoms with Crippen molar-refractivity contribution in [2.24, 2.45) is 0 Å². The number of aromatic nitrogens is 2. The maximum absolute atomic E-state index is 12.9. The van der Waals surface area contributed by atoms with Crippen LogP contribution in [0.15, 0.2) is 36.8 Å². The molecule has 0 bridgehead atoms. The molecule has 164 valence electrons. The average Bonchev–Trinajstić information content (AvgIpc) is 3.15. The van der Waals surface area contributed by atoms with Crippen molar-refractivity contribution in [3.8, 4) is 5.75 Å². The molecule has 0 aliphatic carbocycles. The van der Waals surface area contributed by atoms with E-state index in [0.717, 1.165) is 12.2 Å². The number of aliphatic carboxylic acids is 1. The van der Waals surface area contributed by atoms with E-state index in [1.807, 2.05) is 49.7 Å². The molecule has 1 amide bonds. The average molecular weight is 428 g/mol. The first-order chi connectivity index (χ1) is 14.0. The van der Waals surface area contributed by atoms with Crippen LogP contribution in [0.1, 0.15) is 22.1 Å². The lowest BCUT2D eigenvalue weighted by atomic mass is 10.1. The molecule has 1 atom stereocenters. The van der Waals surface area contributed by atoms with Gasteiger partial charge >= 0.3 is 12.1 Å². The lowest BCUT2D eigenvalue weighted by Gasteiger charge is -2.35. The number of alkyl halides is 3. The number of imidazole rings is 1. The molecule has 0 saturated carbocycles. The molecule has 2 aromatic rings. The summed E-state index contributed by atoms with van der Waals surface area (Å²) in [4.78, 5) is 30.0. The van der Waals surface area contributed by atoms with E-state index in [0.29, 0.717) is 24.4 Å². The topological polar surface area (TPSA) is 87.9 Å². The maximum atomic E-state index is 12.9. The van der Waals surface area contributed by atoms with Crippen molar-refractivity contribution in [3.63, 3.8) is 0 Å². The number of rotatable bonds is 4. The molecule has 0 fully saturated rings. The maximum Gasteiger partial charge on any atom is 0.490 e. The molecule has 1 aliphatic rings. The van der Waals surface area contributed by atoms with Crippen LogP contribution in [0.5, 0.6) is 5.75 Å². The zero-order chi connectivity index (χ0) is 22.5. The molecule has 30 heavy (non-hydrogen) atoms. The quantitative estimate of drug-likeness (QED) is 0.804. The number of fused-ring (bicyclic) bond motifs is 1. The Morgan fingerprint density at radius 2 is 2.00 bits per heavy atom. The monoisotopic (exact) mass is 428 g/mol. The largest absolute Gasteiger partial charge is 0.497 e. The van der Waals surface area contributed by atoms with Crippen LogP contribution in [-0.4, -0.2) is 76.8 Å². The van der Waals surface area contributed by atoms with E-state index >= 15 is 0 Å². The van der Waals surface area contributed by atoms with Gasteiger partial charge in [0, 0.05) is 24.8 Å². The normalized spacial score (nSPS) is 15.8. The second-order valence-electron chi connectivity index (χ2n) is 6.93. The molecule has 11 heteroatoms. The highest BCUT2D eigenvalue weighted by molar-refractivity contribution is 5.94. The predicted octanol–water partition coefficient (Wildman–Crippen LogP) is 2.28. The smallest absolute Gasteiger partial charge is 0.490 e. The second kappa shape index (κ2) is 9.61. The second-order valence-corrected chi connectivity index (χ2v) is 6.93. The highest BCUT2D eigenvalue weighted by Crippen LogP contribution is 2.24. The number of carboxylic acids is 1. The summed E-state index contributed by atoms with van der Waals surface area (Å²) in [6.07, 6.45) is -1.38. The Morgan fingerprint density at radius 3 is 2.57 bits per heavy atom. The van der Waals surface area contributed by atoms with Gasteiger partial charge in [-0.1, -0.05) is 6.07 Å². The minimum Gasteiger partial charge on any atom is -0.497 e. The number of nitrogens with zero attached hydrogens (tertiary/aromatic N) is 4. The van der Waals surface area contributed by atoms with Gasteiger partial charge in [0.2, 0.25) is 0 Å². The van der Waals surface area contributed by atoms with Crippen LogP contribution >= 0.6 is 0 Å². The van der Waals surface area contributed by atoms with Crippen molar-refractivity contribution in [2.45, 2.75) is 18.8 Å². The summed E-state index contributed by atoms with van der Waals surface area (Å²) in [5.74, 6) is -2.03. The standard InChI is InChI=1S/C17H22N4O2.C2HF3O2/c1-19(2)9-15-11-20(10-14-8-18-12-21(14)15)17(22)13-5-4-6-16(7-13)23-3;3-2(4,5)1(6)7/h4-8,12,15H,9-11H2,1-3H3;(H,6,7). The Bertz CT molecular complexity index is 883. The van der Waals surface area contributed by atoms with Crippen molar-refractivity contribution < 1.29 is 32.6 Å². The van der Waals surface area contributed by atoms with Gasteiger partial charge in [-0.3, -0.25) is 4.79 Å². The molecular formula is C19H23F3N4O4. The van der Waals surface area contributed by atoms with E-state index in [1.165, 1.54) is 0 Å². The molecule has 0 spiro atoms. The third kappa shape index (κ3) is 5.96. The van der Waals surface area contributed by atoms with Crippen LogP contribution in [0.2, 0.25) is 0 Å². The van der Waals surface area contributed by atoms with Crippen LogP contribution in [0.3, 0.4) is 0 Å². The van der Waals surface area contributed by atoms with Gasteiger partial charge in [0.05, 0.1) is 31.7 Å². The van der Waals surface area contributed by atoms with E-state index in [4.69, 9.17) is 14.6 Å². The highest BCUT2D eigenvalue weighted by atomic mass is 19.4. The summed E-state index contributed by atoms with van der Waals surface area (Å²) >= 11 is 0. The summed E-state index contributed by atoms with van der Waals surface area (Å²) in [5, 5.41) is 7.12. The first-order valence-corrected chi connectivity index (χ1v) is 8.91. The molecule has 1 aliphatic heterocycles. The predicted molar refractivity (Wildman–Crippen MR) is 101 cm³/mol. The Morgan fingerprint density at radius 1 is 1.33 bits per heavy atom. The van der Waals surface area contributed by atoms with Gasteiger partial charge in [-0.15, -0.1) is 0 Å². The number of carbonyl (C=O) groups excluding carboxylic acids is 1. The number of amides is 1. The van der Waals surface area contributed by atoms with Gasteiger partial charge in [-0.2, -0.15) is 13.2 Å². The number of ether oxygens (including phenoxy) is 1. The molecule has 1 aromatic heterocycles. The highest BCUT2D eigenvalue weighted by Gasteiger charge is 2.38. The zero-order valence-corrected chi connectivity index (χ0v) is 16.8. The lowest BCUT2D eigenvalue weighted by molar-refractivity contribution is -0.192. The first kappa shape index (κ1) is 23.2. The number of halogens is 3. The molecule has 3 rings (SSSR count). The Hall–Kier alpha value is -3.08. The van der Waals surface area contributed by atoms with Crippen LogP contribution in [0, 0.1) is 0 Å². The number of benzene rings is 1. The third-order valence-corrected chi connectivity index (χ3v) is 4.35. The summed E-state index contributed by atoms with van der Waals surface area (Å²) in [6.45, 7) is 2.13. The number of likely N-dealkylation sites (N-methyl/N-ethyl adjacent to an activating group) is 1. The van der Waals surface area contributed by atoms with Crippen molar-refractivity contribution in [1.29, 1.82) is 0 Å². The number of hydrogen-bond acceptors (Lipinski definition) is 5. The molecule has 1 N–H and O–H groups in total. The van der Waals surface area contributed by atoms with Crippen molar-refractivity contribution in [3.05, 3.63) is 48.0 Å². The van der Waals surface area contributed by atoms with Crippen LogP contribution in [0.4, 0.5) is 13.2 Å². The van der Waals surface area contributed by atoms with Crippen LogP contribution in [-0.2, 0) is 11.3 Å². The van der Waals surface area contributed by atoms with E-state index < -0.39 is 12.1 Å². The number of hydrogen-bond donors (Lipinski definition) is 1. The summed E-state index contributed by atoms with van der Waals surface area (Å²) in [6, 6.07) is 7.52. The fraction of sp³-hybridized carbons (Fsp3) is 0.421. The van der Waals surface area contributed by atoms with Gasteiger partial charge in [-0.05, 0) is 32.3 Å². The van der Waals surface area contributed by atoms with E-state index in [-0.39, 0.29) is 11.9 Å². The Kier molecular flexibility index (Phi) is 7.43. The summed E-state index contributed by atoms with van der Waals surface area (Å²) in [7, 11) is 5.69. The first-order valence-electron chi connectivity index (χ1n) is 8.91. The Balaban J connectivity index is 0.000000396. The molecule has 0 saturated heterocycles. The fourth-order valence-corrected chi connectivity index (χ4v) is 3.05. The van der Waals surface area contributed by atoms with Crippen molar-refractivity contribution in [1.82, 2.24) is 19.4 Å². The van der Waals surface area contributed by atoms with Gasteiger partial charge < -0.3 is 24.2 Å². The van der Waals surface area contributed by atoms with Crippen LogP contribution in [0.25, 0.3) is 0 Å². The minimum absolute atomic E-state index is 0.0279. The van der Waals surface area contributed by atoms with Gasteiger partial charge in [0.1, 0.15) is 5.75 Å². The van der Waals surface area contributed by atoms with Crippen molar-refractivity contribution >= 4 is 11.9 Å². The number of carbonyl (C=O) groups is 2. The minimum atomic E-state index is -5.08. The molecule has 2 heterocycles. The molecule has 1 unspecified atom stereocenters. The molecule has 1 aromatic carbocycles. The SMILES string of the molecule is COc1cccc(C(=O)N2Cc3cncn3C(CN(C)C)C2)c1.O=C(O)C(F)(F)F. The molecule has 0 radical (unpaired) electrons. The summed E-state index contributed by atoms with van der Waals surface area (Å²) < 4.78 is 39.1. The lowest BCUT2D eigenvalue weighted by Crippen LogP contribution is -2.43. The zero-order valence-electron chi connectivity index (χ0n) is 16.8. The fourth-order valence-electron chi connectivity index (χ4n) is 3.05. The molecule has 8 nitrogen and oxygen atoms in total. The number of methoxy groups -OCH3 is 1. The van der Waals surface area contributed by atoms with Gasteiger partial charge in [0.25, 0.3) is 5.91 Å². The van der Waals surface area contributed by atoms with Gasteiger partial charge in [0.15, 0.2) is 0 Å². The van der Waals surface area contributed by atoms with E-state index in [1.54, 1.807) is 13.2 Å². The Labute approximate surface area is 171 Å². The molecular weight excluding hydrogens is 405 g/mol.